The molecule has 1 heterocycles. The Morgan fingerprint density at radius 1 is 1.16 bits per heavy atom. The highest BCUT2D eigenvalue weighted by Gasteiger charge is 2.62. The molecule has 0 aromatic heterocycles. The molecule has 2 aromatic rings. The minimum absolute atomic E-state index is 0.0236. The van der Waals surface area contributed by atoms with Gasteiger partial charge in [0.05, 0.1) is 12.2 Å². The van der Waals surface area contributed by atoms with Crippen LogP contribution in [0, 0.1) is 6.92 Å². The first-order chi connectivity index (χ1) is 11.8. The van der Waals surface area contributed by atoms with Crippen molar-refractivity contribution in [3.63, 3.8) is 0 Å². The number of amides is 1. The molecule has 0 radical (unpaired) electrons. The van der Waals surface area contributed by atoms with Crippen molar-refractivity contribution in [1.29, 1.82) is 0 Å². The molecule has 0 aliphatic carbocycles. The topological polar surface area (TPSA) is 47.6 Å². The van der Waals surface area contributed by atoms with Gasteiger partial charge in [0.25, 0.3) is 5.91 Å². The second-order valence-corrected chi connectivity index (χ2v) is 5.69. The monoisotopic (exact) mass is 351 g/mol. The maximum absolute atomic E-state index is 13.9. The van der Waals surface area contributed by atoms with Crippen LogP contribution in [-0.2, 0) is 5.72 Å². The highest BCUT2D eigenvalue weighted by molar-refractivity contribution is 5.98. The fourth-order valence-corrected chi connectivity index (χ4v) is 2.66. The smallest absolute Gasteiger partial charge is 0.453 e. The lowest BCUT2D eigenvalue weighted by Gasteiger charge is -2.40. The lowest BCUT2D eigenvalue weighted by Crippen LogP contribution is -2.62. The molecule has 1 atom stereocenters. The van der Waals surface area contributed by atoms with E-state index in [9.17, 15) is 18.0 Å². The van der Waals surface area contributed by atoms with Crippen molar-refractivity contribution < 1.29 is 27.4 Å². The molecular formula is C18H16F3NO3. The fraction of sp³-hybridized carbons (Fsp3) is 0.278. The summed E-state index contributed by atoms with van der Waals surface area (Å²) < 4.78 is 52.4. The number of fused-ring (bicyclic) bond motifs is 1. The number of hydrogen-bond acceptors (Lipinski definition) is 3. The number of hydrogen-bond donors (Lipinski definition) is 1. The SMILES string of the molecule is CCOc1ccc2c(c1)O[C@@](c1ccc(C)cc1)(C(F)(F)F)NC2=O. The van der Waals surface area contributed by atoms with Crippen LogP contribution in [-0.4, -0.2) is 18.7 Å². The number of rotatable bonds is 3. The van der Waals surface area contributed by atoms with E-state index < -0.39 is 17.8 Å². The van der Waals surface area contributed by atoms with E-state index in [0.29, 0.717) is 12.4 Å². The summed E-state index contributed by atoms with van der Waals surface area (Å²) in [6.07, 6.45) is -4.86. The zero-order valence-electron chi connectivity index (χ0n) is 13.6. The Morgan fingerprint density at radius 2 is 1.84 bits per heavy atom. The van der Waals surface area contributed by atoms with Gasteiger partial charge in [0.1, 0.15) is 11.5 Å². The van der Waals surface area contributed by atoms with E-state index in [-0.39, 0.29) is 16.9 Å². The Bertz CT molecular complexity index is 802. The number of halogens is 3. The van der Waals surface area contributed by atoms with Crippen LogP contribution in [0.2, 0.25) is 0 Å². The van der Waals surface area contributed by atoms with Gasteiger partial charge in [0.15, 0.2) is 0 Å². The second kappa shape index (κ2) is 5.98. The van der Waals surface area contributed by atoms with Crippen LogP contribution in [0.1, 0.15) is 28.4 Å². The highest BCUT2D eigenvalue weighted by Crippen LogP contribution is 2.45. The summed E-state index contributed by atoms with van der Waals surface area (Å²) in [4.78, 5) is 12.3. The molecule has 1 aliphatic rings. The quantitative estimate of drug-likeness (QED) is 0.911. The molecule has 3 rings (SSSR count). The molecule has 25 heavy (non-hydrogen) atoms. The third-order valence-corrected chi connectivity index (χ3v) is 3.92. The van der Waals surface area contributed by atoms with Gasteiger partial charge < -0.3 is 14.8 Å². The molecule has 1 amide bonds. The lowest BCUT2D eigenvalue weighted by atomic mass is 9.97. The fourth-order valence-electron chi connectivity index (χ4n) is 2.66. The predicted molar refractivity (Wildman–Crippen MR) is 84.6 cm³/mol. The van der Waals surface area contributed by atoms with Crippen molar-refractivity contribution in [3.05, 3.63) is 59.2 Å². The van der Waals surface area contributed by atoms with Gasteiger partial charge in [0.2, 0.25) is 0 Å². The Kier molecular flexibility index (Phi) is 4.10. The number of aryl methyl sites for hydroxylation is 1. The summed E-state index contributed by atoms with van der Waals surface area (Å²) in [5.41, 5.74) is -2.33. The van der Waals surface area contributed by atoms with Gasteiger partial charge in [-0.05, 0) is 26.0 Å². The predicted octanol–water partition coefficient (Wildman–Crippen LogP) is 3.93. The van der Waals surface area contributed by atoms with E-state index in [0.717, 1.165) is 5.56 Å². The first-order valence-electron chi connectivity index (χ1n) is 7.69. The molecule has 0 saturated carbocycles. The van der Waals surface area contributed by atoms with E-state index in [4.69, 9.17) is 9.47 Å². The largest absolute Gasteiger partial charge is 0.494 e. The van der Waals surface area contributed by atoms with Gasteiger partial charge in [-0.25, -0.2) is 0 Å². The summed E-state index contributed by atoms with van der Waals surface area (Å²) >= 11 is 0. The second-order valence-electron chi connectivity index (χ2n) is 5.69. The Hall–Kier alpha value is -2.70. The van der Waals surface area contributed by atoms with Gasteiger partial charge >= 0.3 is 11.9 Å². The normalized spacial score (nSPS) is 19.6. The van der Waals surface area contributed by atoms with Crippen LogP contribution in [0.4, 0.5) is 13.2 Å². The number of alkyl halides is 3. The van der Waals surface area contributed by atoms with Crippen molar-refractivity contribution in [2.45, 2.75) is 25.7 Å². The molecule has 2 aromatic carbocycles. The minimum Gasteiger partial charge on any atom is -0.494 e. The van der Waals surface area contributed by atoms with E-state index in [1.807, 2.05) is 5.32 Å². The molecule has 7 heteroatoms. The Labute approximate surface area is 142 Å². The molecule has 132 valence electrons. The molecule has 4 nitrogen and oxygen atoms in total. The van der Waals surface area contributed by atoms with Crippen molar-refractivity contribution in [2.75, 3.05) is 6.61 Å². The summed E-state index contributed by atoms with van der Waals surface area (Å²) in [5.74, 6) is -0.703. The van der Waals surface area contributed by atoms with Crippen LogP contribution in [0.3, 0.4) is 0 Å². The van der Waals surface area contributed by atoms with Crippen LogP contribution in [0.15, 0.2) is 42.5 Å². The summed E-state index contributed by atoms with van der Waals surface area (Å²) in [7, 11) is 0. The van der Waals surface area contributed by atoms with Crippen LogP contribution < -0.4 is 14.8 Å². The molecule has 0 fully saturated rings. The lowest BCUT2D eigenvalue weighted by molar-refractivity contribution is -0.265. The minimum atomic E-state index is -4.86. The average Bonchev–Trinajstić information content (AvgIpc) is 2.54. The molecule has 0 spiro atoms. The summed E-state index contributed by atoms with van der Waals surface area (Å²) in [6.45, 7) is 3.85. The van der Waals surface area contributed by atoms with Crippen molar-refractivity contribution in [2.24, 2.45) is 0 Å². The molecule has 1 N–H and O–H groups in total. The first-order valence-corrected chi connectivity index (χ1v) is 7.69. The molecule has 1 aliphatic heterocycles. The van der Waals surface area contributed by atoms with Gasteiger partial charge in [-0.15, -0.1) is 0 Å². The Morgan fingerprint density at radius 3 is 2.44 bits per heavy atom. The maximum Gasteiger partial charge on any atom is 0.453 e. The van der Waals surface area contributed by atoms with Crippen LogP contribution in [0.25, 0.3) is 0 Å². The highest BCUT2D eigenvalue weighted by atomic mass is 19.4. The number of carbonyl (C=O) groups excluding carboxylic acids is 1. The molecule has 0 bridgehead atoms. The third-order valence-electron chi connectivity index (χ3n) is 3.92. The zero-order chi connectivity index (χ0) is 18.2. The first kappa shape index (κ1) is 17.1. The van der Waals surface area contributed by atoms with Crippen molar-refractivity contribution >= 4 is 5.91 Å². The average molecular weight is 351 g/mol. The van der Waals surface area contributed by atoms with E-state index in [1.165, 1.54) is 42.5 Å². The van der Waals surface area contributed by atoms with Gasteiger partial charge in [-0.3, -0.25) is 4.79 Å². The number of carbonyl (C=O) groups is 1. The standard InChI is InChI=1S/C18H16F3NO3/c1-3-24-13-8-9-14-15(10-13)25-17(18(19,20)21,22-16(14)23)12-6-4-11(2)5-7-12/h4-10H,3H2,1-2H3,(H,22,23)/t17-/m0/s1. The third kappa shape index (κ3) is 2.90. The van der Waals surface area contributed by atoms with E-state index in [2.05, 4.69) is 0 Å². The van der Waals surface area contributed by atoms with Gasteiger partial charge in [-0.2, -0.15) is 13.2 Å². The van der Waals surface area contributed by atoms with Crippen LogP contribution >= 0.6 is 0 Å². The number of benzene rings is 2. The maximum atomic E-state index is 13.9. The van der Waals surface area contributed by atoms with Crippen molar-refractivity contribution in [3.8, 4) is 11.5 Å². The Balaban J connectivity index is 2.14. The molecule has 0 saturated heterocycles. The van der Waals surface area contributed by atoms with Gasteiger partial charge in [-0.1, -0.05) is 29.8 Å². The van der Waals surface area contributed by atoms with Crippen LogP contribution in [0.5, 0.6) is 11.5 Å². The van der Waals surface area contributed by atoms with Crippen molar-refractivity contribution in [1.82, 2.24) is 5.32 Å². The molecule has 0 unspecified atom stereocenters. The summed E-state index contributed by atoms with van der Waals surface area (Å²) in [6, 6.07) is 9.84. The van der Waals surface area contributed by atoms with E-state index in [1.54, 1.807) is 13.8 Å². The number of nitrogens with one attached hydrogen (secondary N) is 1. The van der Waals surface area contributed by atoms with E-state index >= 15 is 0 Å². The van der Waals surface area contributed by atoms with Gasteiger partial charge in [0, 0.05) is 11.6 Å². The number of ether oxygens (including phenoxy) is 2. The summed E-state index contributed by atoms with van der Waals surface area (Å²) in [5, 5.41) is 1.99. The molecular weight excluding hydrogens is 335 g/mol. The zero-order valence-corrected chi connectivity index (χ0v) is 13.6.